The van der Waals surface area contributed by atoms with Crippen molar-refractivity contribution in [3.63, 3.8) is 0 Å². The van der Waals surface area contributed by atoms with Gasteiger partial charge in [-0.25, -0.2) is 9.97 Å². The minimum atomic E-state index is 0.480. The summed E-state index contributed by atoms with van der Waals surface area (Å²) in [4.78, 5) is 14.6. The third-order valence-corrected chi connectivity index (χ3v) is 4.56. The molecule has 0 fully saturated rings. The third kappa shape index (κ3) is 2.95. The largest absolute Gasteiger partial charge is 0.382 e. The molecule has 6 nitrogen and oxygen atoms in total. The molecule has 3 aromatic rings. The van der Waals surface area contributed by atoms with Gasteiger partial charge < -0.3 is 15.1 Å². The van der Waals surface area contributed by atoms with Crippen molar-refractivity contribution in [2.75, 3.05) is 19.9 Å². The summed E-state index contributed by atoms with van der Waals surface area (Å²) in [5.41, 5.74) is 8.94. The number of nitrogens with two attached hydrogens (primary N) is 1. The number of anilines is 1. The molecule has 2 heterocycles. The van der Waals surface area contributed by atoms with E-state index < -0.39 is 0 Å². The average Bonchev–Trinajstić information content (AvgIpc) is 2.94. The Balaban J connectivity index is 2.28. The number of hydroxylamine groups is 2. The van der Waals surface area contributed by atoms with Gasteiger partial charge in [0.25, 0.3) is 0 Å². The summed E-state index contributed by atoms with van der Waals surface area (Å²) in [6.45, 7) is 5.95. The van der Waals surface area contributed by atoms with Crippen molar-refractivity contribution in [3.05, 3.63) is 30.1 Å². The van der Waals surface area contributed by atoms with E-state index in [1.165, 1.54) is 0 Å². The highest BCUT2D eigenvalue weighted by Crippen LogP contribution is 2.30. The lowest BCUT2D eigenvalue weighted by Gasteiger charge is -2.17. The van der Waals surface area contributed by atoms with Crippen LogP contribution in [0.5, 0.6) is 0 Å². The molecule has 6 heteroatoms. The highest BCUT2D eigenvalue weighted by Gasteiger charge is 2.19. The Labute approximate surface area is 142 Å². The fourth-order valence-corrected chi connectivity index (χ4v) is 2.93. The molecule has 128 valence electrons. The summed E-state index contributed by atoms with van der Waals surface area (Å²) in [6, 6.07) is 8.09. The predicted molar refractivity (Wildman–Crippen MR) is 97.4 cm³/mol. The number of imidazole rings is 1. The van der Waals surface area contributed by atoms with Crippen molar-refractivity contribution in [1.82, 2.24) is 19.6 Å². The van der Waals surface area contributed by atoms with Crippen LogP contribution >= 0.6 is 0 Å². The van der Waals surface area contributed by atoms with Crippen molar-refractivity contribution in [3.8, 4) is 0 Å². The number of nitrogens with zero attached hydrogens (tertiary/aromatic N) is 4. The van der Waals surface area contributed by atoms with Gasteiger partial charge in [-0.2, -0.15) is 5.06 Å². The molecule has 0 bridgehead atoms. The normalized spacial score (nSPS) is 13.2. The molecule has 1 atom stereocenters. The summed E-state index contributed by atoms with van der Waals surface area (Å²) in [5, 5.41) is 2.85. The third-order valence-electron chi connectivity index (χ3n) is 4.56. The summed E-state index contributed by atoms with van der Waals surface area (Å²) >= 11 is 0. The van der Waals surface area contributed by atoms with Gasteiger partial charge in [0.05, 0.1) is 24.7 Å². The molecule has 1 aromatic carbocycles. The van der Waals surface area contributed by atoms with Gasteiger partial charge in [0.2, 0.25) is 0 Å². The lowest BCUT2D eigenvalue weighted by atomic mass is 10.1. The first-order valence-electron chi connectivity index (χ1n) is 8.33. The molecule has 0 aliphatic carbocycles. The van der Waals surface area contributed by atoms with Crippen molar-refractivity contribution < 1.29 is 4.84 Å². The lowest BCUT2D eigenvalue weighted by molar-refractivity contribution is -0.118. The first-order chi connectivity index (χ1) is 11.5. The van der Waals surface area contributed by atoms with Crippen LogP contribution in [0.1, 0.15) is 26.1 Å². The number of rotatable bonds is 6. The van der Waals surface area contributed by atoms with Crippen molar-refractivity contribution >= 4 is 27.8 Å². The maximum Gasteiger partial charge on any atom is 0.152 e. The Morgan fingerprint density at radius 2 is 2.04 bits per heavy atom. The second-order valence-electron chi connectivity index (χ2n) is 6.33. The van der Waals surface area contributed by atoms with Crippen LogP contribution in [-0.4, -0.2) is 33.8 Å². The van der Waals surface area contributed by atoms with Crippen molar-refractivity contribution in [1.29, 1.82) is 0 Å². The molecule has 0 aliphatic heterocycles. The van der Waals surface area contributed by atoms with Gasteiger partial charge in [-0.3, -0.25) is 0 Å². The molecule has 0 amide bonds. The van der Waals surface area contributed by atoms with E-state index in [2.05, 4.69) is 29.5 Å². The smallest absolute Gasteiger partial charge is 0.152 e. The summed E-state index contributed by atoms with van der Waals surface area (Å²) in [5.74, 6) is 1.97. The van der Waals surface area contributed by atoms with E-state index in [0.29, 0.717) is 18.3 Å². The highest BCUT2D eigenvalue weighted by molar-refractivity contribution is 6.06. The van der Waals surface area contributed by atoms with E-state index in [9.17, 15) is 0 Å². The molecular weight excluding hydrogens is 302 g/mol. The van der Waals surface area contributed by atoms with Crippen LogP contribution in [0.3, 0.4) is 0 Å². The zero-order valence-electron chi connectivity index (χ0n) is 14.8. The van der Waals surface area contributed by atoms with Crippen LogP contribution in [0.15, 0.2) is 24.3 Å². The average molecular weight is 327 g/mol. The van der Waals surface area contributed by atoms with Crippen molar-refractivity contribution in [2.24, 2.45) is 5.92 Å². The number of benzene rings is 1. The summed E-state index contributed by atoms with van der Waals surface area (Å²) in [7, 11) is 3.56. The van der Waals surface area contributed by atoms with Gasteiger partial charge >= 0.3 is 0 Å². The summed E-state index contributed by atoms with van der Waals surface area (Å²) in [6.07, 6.45) is 1.11. The van der Waals surface area contributed by atoms with Crippen LogP contribution in [0, 0.1) is 5.92 Å². The highest BCUT2D eigenvalue weighted by atomic mass is 16.7. The maximum absolute atomic E-state index is 6.20. The first kappa shape index (κ1) is 16.7. The van der Waals surface area contributed by atoms with E-state index in [-0.39, 0.29) is 0 Å². The quantitative estimate of drug-likeness (QED) is 0.704. The first-order valence-corrected chi connectivity index (χ1v) is 8.33. The molecule has 0 spiro atoms. The molecule has 3 rings (SSSR count). The second kappa shape index (κ2) is 6.75. The van der Waals surface area contributed by atoms with Crippen LogP contribution in [0.2, 0.25) is 0 Å². The molecule has 2 aromatic heterocycles. The van der Waals surface area contributed by atoms with Gasteiger partial charge in [0.15, 0.2) is 5.82 Å². The Hall–Kier alpha value is -2.18. The van der Waals surface area contributed by atoms with Gasteiger partial charge in [-0.1, -0.05) is 38.5 Å². The van der Waals surface area contributed by atoms with Crippen LogP contribution in [-0.2, 0) is 17.9 Å². The SMILES string of the molecule is CCC(C)Cn1c(CN(C)OC)nc2c(N)nc3ccccc3c21. The van der Waals surface area contributed by atoms with Crippen molar-refractivity contribution in [2.45, 2.75) is 33.4 Å². The Morgan fingerprint density at radius 3 is 2.75 bits per heavy atom. The van der Waals surface area contributed by atoms with E-state index in [0.717, 1.165) is 40.7 Å². The second-order valence-corrected chi connectivity index (χ2v) is 6.33. The van der Waals surface area contributed by atoms with Gasteiger partial charge in [0.1, 0.15) is 11.3 Å². The van der Waals surface area contributed by atoms with Crippen LogP contribution < -0.4 is 5.73 Å². The molecule has 0 aliphatic rings. The number of pyridine rings is 1. The van der Waals surface area contributed by atoms with Gasteiger partial charge in [-0.05, 0) is 12.0 Å². The maximum atomic E-state index is 6.20. The molecule has 0 saturated heterocycles. The minimum Gasteiger partial charge on any atom is -0.382 e. The fourth-order valence-electron chi connectivity index (χ4n) is 2.93. The molecule has 2 N–H and O–H groups in total. The fraction of sp³-hybridized carbons (Fsp3) is 0.444. The van der Waals surface area contributed by atoms with Crippen LogP contribution in [0.25, 0.3) is 21.9 Å². The van der Waals surface area contributed by atoms with E-state index in [4.69, 9.17) is 15.6 Å². The molecule has 24 heavy (non-hydrogen) atoms. The zero-order valence-corrected chi connectivity index (χ0v) is 14.8. The Kier molecular flexibility index (Phi) is 4.69. The number of fused-ring (bicyclic) bond motifs is 3. The summed E-state index contributed by atoms with van der Waals surface area (Å²) < 4.78 is 2.28. The Morgan fingerprint density at radius 1 is 1.29 bits per heavy atom. The topological polar surface area (TPSA) is 69.2 Å². The minimum absolute atomic E-state index is 0.480. The number of hydrogen-bond donors (Lipinski definition) is 1. The monoisotopic (exact) mass is 327 g/mol. The van der Waals surface area contributed by atoms with Crippen LogP contribution in [0.4, 0.5) is 5.82 Å². The molecular formula is C18H25N5O. The molecule has 0 saturated carbocycles. The molecule has 1 unspecified atom stereocenters. The number of hydrogen-bond acceptors (Lipinski definition) is 5. The standard InChI is InChI=1S/C18H25N5O/c1-5-12(2)10-23-15(11-22(3)24-4)21-16-17(23)13-8-6-7-9-14(13)20-18(16)19/h6-9,12H,5,10-11H2,1-4H3,(H2,19,20). The van der Waals surface area contributed by atoms with Gasteiger partial charge in [-0.15, -0.1) is 0 Å². The van der Waals surface area contributed by atoms with E-state index >= 15 is 0 Å². The van der Waals surface area contributed by atoms with Gasteiger partial charge in [0, 0.05) is 19.0 Å². The lowest BCUT2D eigenvalue weighted by Crippen LogP contribution is -2.20. The number of aromatic nitrogens is 3. The van der Waals surface area contributed by atoms with E-state index in [1.54, 1.807) is 12.2 Å². The molecule has 0 radical (unpaired) electrons. The van der Waals surface area contributed by atoms with E-state index in [1.807, 2.05) is 25.2 Å². The Bertz CT molecular complexity index is 857. The predicted octanol–water partition coefficient (Wildman–Crippen LogP) is 3.21. The zero-order chi connectivity index (χ0) is 17.3. The number of para-hydroxylation sites is 1. The number of nitrogen functional groups attached to an aromatic ring is 1.